The molecule has 0 radical (unpaired) electrons. The van der Waals surface area contributed by atoms with Gasteiger partial charge in [-0.1, -0.05) is 81.6 Å². The number of fused-ring (bicyclic) bond motifs is 4. The summed E-state index contributed by atoms with van der Waals surface area (Å²) < 4.78 is 5.42. The fourth-order valence-corrected chi connectivity index (χ4v) is 13.1. The number of nitrogens with zero attached hydrogens (tertiary/aromatic N) is 11. The van der Waals surface area contributed by atoms with Gasteiger partial charge in [0.15, 0.2) is 10.6 Å². The van der Waals surface area contributed by atoms with Crippen molar-refractivity contribution in [3.05, 3.63) is 132 Å². The smallest absolute Gasteiger partial charge is 0.271 e. The van der Waals surface area contributed by atoms with Crippen molar-refractivity contribution in [3.63, 3.8) is 0 Å². The van der Waals surface area contributed by atoms with Gasteiger partial charge in [-0.05, 0) is 135 Å². The van der Waals surface area contributed by atoms with Gasteiger partial charge in [0.05, 0.1) is 51.6 Å². The third-order valence-corrected chi connectivity index (χ3v) is 18.1. The molecule has 1 atom stereocenters. The number of benzene rings is 1. The molecule has 12 rings (SSSR count). The second kappa shape index (κ2) is 24.0. The molecule has 2 saturated carbocycles. The van der Waals surface area contributed by atoms with E-state index in [-0.39, 0.29) is 41.8 Å². The highest BCUT2D eigenvalue weighted by Gasteiger charge is 2.35. The van der Waals surface area contributed by atoms with Gasteiger partial charge in [0, 0.05) is 51.0 Å². The van der Waals surface area contributed by atoms with Gasteiger partial charge in [-0.2, -0.15) is 10.2 Å². The van der Waals surface area contributed by atoms with Crippen LogP contribution in [0.5, 0.6) is 0 Å². The highest BCUT2D eigenvalue weighted by Crippen LogP contribution is 2.33. The van der Waals surface area contributed by atoms with Crippen LogP contribution in [0.2, 0.25) is 0 Å². The zero-order valence-corrected chi connectivity index (χ0v) is 44.5. The number of carbonyl (C=O) groups is 2. The van der Waals surface area contributed by atoms with Gasteiger partial charge in [0.2, 0.25) is 5.91 Å². The molecule has 7 aromatic heterocycles. The molecule has 3 fully saturated rings. The number of aromatic nitrogens is 9. The first-order chi connectivity index (χ1) is 34.9. The third-order valence-electron chi connectivity index (χ3n) is 13.9. The maximum absolute atomic E-state index is 12.7. The number of piperazine rings is 1. The Morgan fingerprint density at radius 2 is 1.30 bits per heavy atom. The Balaban J connectivity index is 0.000000133. The number of pyridine rings is 2. The molecule has 73 heavy (non-hydrogen) atoms. The average Bonchev–Trinajstić information content (AvgIpc) is 3.88. The van der Waals surface area contributed by atoms with Crippen molar-refractivity contribution < 1.29 is 9.59 Å². The molecule has 0 spiro atoms. The maximum Gasteiger partial charge on any atom is 0.271 e. The predicted octanol–water partition coefficient (Wildman–Crippen LogP) is 9.50. The Morgan fingerprint density at radius 3 is 1.96 bits per heavy atom. The van der Waals surface area contributed by atoms with Crippen LogP contribution >= 0.6 is 46.4 Å². The molecule has 0 bridgehead atoms. The van der Waals surface area contributed by atoms with E-state index in [2.05, 4.69) is 35.3 Å². The van der Waals surface area contributed by atoms with Crippen LogP contribution in [0.1, 0.15) is 110 Å². The summed E-state index contributed by atoms with van der Waals surface area (Å²) in [6.07, 6.45) is 13.5. The van der Waals surface area contributed by atoms with E-state index in [1.165, 1.54) is 78.5 Å². The number of ketones is 1. The average molecular weight is 1060 g/mol. The molecule has 20 heteroatoms. The van der Waals surface area contributed by atoms with E-state index in [9.17, 15) is 24.0 Å². The van der Waals surface area contributed by atoms with Gasteiger partial charge in [-0.3, -0.25) is 36.8 Å². The van der Waals surface area contributed by atoms with E-state index in [1.807, 2.05) is 92.0 Å². The van der Waals surface area contributed by atoms with E-state index < -0.39 is 0 Å². The predicted molar refractivity (Wildman–Crippen MR) is 295 cm³/mol. The van der Waals surface area contributed by atoms with Crippen molar-refractivity contribution in [1.29, 1.82) is 0 Å². The van der Waals surface area contributed by atoms with Crippen LogP contribution in [-0.4, -0.2) is 95.7 Å². The summed E-state index contributed by atoms with van der Waals surface area (Å²) in [7, 11) is 0. The Hall–Kier alpha value is -5.80. The lowest BCUT2D eigenvalue weighted by Crippen LogP contribution is -2.49. The molecule has 9 heterocycles. The normalized spacial score (nSPS) is 16.2. The first-order valence-corrected chi connectivity index (χ1v) is 28.0. The summed E-state index contributed by atoms with van der Waals surface area (Å²) in [6, 6.07) is 17.4. The molecule has 1 aromatic carbocycles. The number of Topliss-reactive ketones (excluding diaryl/α,β-unsaturated/α-hetero) is 1. The van der Waals surface area contributed by atoms with Gasteiger partial charge >= 0.3 is 0 Å². The molecule has 8 aromatic rings. The number of thioether (sulfide) groups is 1. The van der Waals surface area contributed by atoms with E-state index in [1.54, 1.807) is 26.4 Å². The molecule has 4 aliphatic rings. The second-order valence-corrected chi connectivity index (χ2v) is 22.8. The lowest BCUT2D eigenvalue weighted by atomic mass is 9.87. The quantitative estimate of drug-likeness (QED) is 0.140. The molecule has 384 valence electrons. The van der Waals surface area contributed by atoms with Crippen LogP contribution in [0, 0.1) is 39.5 Å². The molecule has 16 nitrogen and oxygen atoms in total. The minimum atomic E-state index is 0. The molecule has 1 amide bonds. The molecular weight excluding hydrogens is 999 g/mol. The van der Waals surface area contributed by atoms with Gasteiger partial charge < -0.3 is 4.90 Å². The lowest BCUT2D eigenvalue weighted by Gasteiger charge is -2.34. The summed E-state index contributed by atoms with van der Waals surface area (Å²) in [5.41, 5.74) is 5.66. The molecule has 0 N–H and O–H groups in total. The Labute approximate surface area is 441 Å². The number of amides is 1. The van der Waals surface area contributed by atoms with Gasteiger partial charge in [-0.15, -0.1) is 10.2 Å². The monoisotopic (exact) mass is 1060 g/mol. The number of hydrogen-bond acceptors (Lipinski definition) is 16. The molecule has 2 aliphatic heterocycles. The van der Waals surface area contributed by atoms with Gasteiger partial charge in [0.1, 0.15) is 14.7 Å². The fraction of sp³-hybridized carbons (Fsp3) is 0.453. The largest absolute Gasteiger partial charge is 0.340 e. The SMILES string of the molecule is C.C[C@H](c1ccccc1)n1sc2ncccc2c1=O.Cc1nnc2c(c1C)C(=O)CS2.Cc1nnc2sn(CN3CCN(C(=O)C4CC4)CC3)c(=O)c2c1C.O=c1c2cccnc2sn1CCC1CCCCC1. The number of hydrogen-bond donors (Lipinski definition) is 0. The minimum absolute atomic E-state index is 0. The Morgan fingerprint density at radius 1 is 0.671 bits per heavy atom. The Bertz CT molecular complexity index is 3400. The van der Waals surface area contributed by atoms with Crippen LogP contribution in [0.15, 0.2) is 86.4 Å². The lowest BCUT2D eigenvalue weighted by molar-refractivity contribution is -0.134. The van der Waals surface area contributed by atoms with E-state index in [0.717, 1.165) is 112 Å². The van der Waals surface area contributed by atoms with Gasteiger partial charge in [-0.25, -0.2) is 13.9 Å². The van der Waals surface area contributed by atoms with Crippen LogP contribution in [0.25, 0.3) is 30.6 Å². The first kappa shape index (κ1) is 53.5. The summed E-state index contributed by atoms with van der Waals surface area (Å²) in [5, 5.41) is 19.1. The van der Waals surface area contributed by atoms with E-state index in [4.69, 9.17) is 0 Å². The van der Waals surface area contributed by atoms with Crippen molar-refractivity contribution in [3.8, 4) is 0 Å². The summed E-state index contributed by atoms with van der Waals surface area (Å²) >= 11 is 5.77. The van der Waals surface area contributed by atoms with Gasteiger partial charge in [0.25, 0.3) is 16.7 Å². The standard InChI is InChI=1S/C16H21N5O2S.C14H12N2OS.C14H18N2OS.C8H8N2OS.CH4/c1-10-11(2)17-18-14-13(10)16(23)21(24-14)9-19-5-7-20(8-6-19)15(22)12-3-4-12;1-10(11-6-3-2-4-7-11)16-14(17)12-8-5-9-15-13(12)18-16;17-14-12-7-4-9-15-13(12)18-16(14)10-8-11-5-2-1-3-6-11;1-4-5(2)9-10-8-7(4)6(11)3-12-8;/h12H,3-9H2,1-2H3;2-10H,1H3;4,7,9,11H,1-3,5-6,8,10H2;3H2,1-2H3;1H4/t;10-;;;/m.1.../s1. The molecule has 0 unspecified atom stereocenters. The third kappa shape index (κ3) is 12.3. The maximum atomic E-state index is 12.7. The van der Waals surface area contributed by atoms with Crippen LogP contribution in [0.4, 0.5) is 0 Å². The second-order valence-electron chi connectivity index (χ2n) is 18.8. The van der Waals surface area contributed by atoms with Crippen molar-refractivity contribution in [2.24, 2.45) is 11.8 Å². The number of aryl methyl sites for hydroxylation is 4. The number of carbonyl (C=O) groups excluding carboxylic acids is 2. The van der Waals surface area contributed by atoms with Crippen LogP contribution in [-0.2, 0) is 18.0 Å². The Kier molecular flexibility index (Phi) is 17.6. The summed E-state index contributed by atoms with van der Waals surface area (Å²) in [4.78, 5) is 75.6. The van der Waals surface area contributed by atoms with Crippen molar-refractivity contribution >= 4 is 88.7 Å². The highest BCUT2D eigenvalue weighted by molar-refractivity contribution is 8.00. The van der Waals surface area contributed by atoms with Crippen molar-refractivity contribution in [2.45, 2.75) is 118 Å². The molecular formula is C53H63N11O5S4. The van der Waals surface area contributed by atoms with Crippen molar-refractivity contribution in [2.75, 3.05) is 31.9 Å². The fourth-order valence-electron chi connectivity index (χ4n) is 9.20. The molecule has 2 aliphatic carbocycles. The van der Waals surface area contributed by atoms with E-state index >= 15 is 0 Å². The topological polar surface area (TPSA) is 184 Å². The van der Waals surface area contributed by atoms with Crippen LogP contribution in [0.3, 0.4) is 0 Å². The zero-order chi connectivity index (χ0) is 50.5. The minimum Gasteiger partial charge on any atom is -0.340 e. The zero-order valence-electron chi connectivity index (χ0n) is 41.3. The van der Waals surface area contributed by atoms with E-state index in [0.29, 0.717) is 33.9 Å². The highest BCUT2D eigenvalue weighted by atomic mass is 32.2. The summed E-state index contributed by atoms with van der Waals surface area (Å²) in [5.74, 6) is 2.13. The van der Waals surface area contributed by atoms with Crippen LogP contribution < -0.4 is 16.7 Å². The summed E-state index contributed by atoms with van der Waals surface area (Å²) in [6.45, 7) is 14.2. The van der Waals surface area contributed by atoms with Crippen molar-refractivity contribution in [1.82, 2.24) is 52.0 Å². The molecule has 1 saturated heterocycles. The number of rotatable bonds is 8. The first-order valence-electron chi connectivity index (χ1n) is 24.7.